The molecule has 1 amide bonds. The molecule has 0 aliphatic carbocycles. The number of alkyl halides is 3. The van der Waals surface area contributed by atoms with Crippen LogP contribution in [0.3, 0.4) is 0 Å². The van der Waals surface area contributed by atoms with Crippen LogP contribution in [0.4, 0.5) is 18.9 Å². The van der Waals surface area contributed by atoms with Crippen LogP contribution in [0.15, 0.2) is 42.5 Å². The van der Waals surface area contributed by atoms with Crippen molar-refractivity contribution in [2.45, 2.75) is 6.18 Å². The topological polar surface area (TPSA) is 81.5 Å². The summed E-state index contributed by atoms with van der Waals surface area (Å²) >= 11 is 5.66. The molecule has 0 saturated heterocycles. The van der Waals surface area contributed by atoms with Crippen molar-refractivity contribution in [2.24, 2.45) is 0 Å². The Morgan fingerprint density at radius 3 is 2.46 bits per heavy atom. The summed E-state index contributed by atoms with van der Waals surface area (Å²) in [6, 6.07) is 7.39. The molecule has 0 radical (unpaired) electrons. The molecule has 0 aromatic heterocycles. The first kappa shape index (κ1) is 17.5. The van der Waals surface area contributed by atoms with Crippen molar-refractivity contribution >= 4 is 23.2 Å². The number of nitrogens with one attached hydrogen (secondary N) is 1. The third-order valence-corrected chi connectivity index (χ3v) is 3.15. The third kappa shape index (κ3) is 3.93. The van der Waals surface area contributed by atoms with Gasteiger partial charge in [0.25, 0.3) is 11.6 Å². The summed E-state index contributed by atoms with van der Waals surface area (Å²) in [7, 11) is 0. The second kappa shape index (κ2) is 6.75. The van der Waals surface area contributed by atoms with E-state index in [1.54, 1.807) is 0 Å². The van der Waals surface area contributed by atoms with Crippen LogP contribution in [0.1, 0.15) is 15.9 Å². The molecule has 10 heteroatoms. The van der Waals surface area contributed by atoms with Crippen LogP contribution >= 0.6 is 11.6 Å². The van der Waals surface area contributed by atoms with E-state index >= 15 is 0 Å². The summed E-state index contributed by atoms with van der Waals surface area (Å²) in [6.45, 7) is 0. The summed E-state index contributed by atoms with van der Waals surface area (Å²) in [5.41, 5.74) is 0.199. The van der Waals surface area contributed by atoms with Gasteiger partial charge in [-0.05, 0) is 24.3 Å². The number of hydrogen-bond acceptors (Lipinski definition) is 4. The molecule has 2 rings (SSSR count). The molecule has 0 fully saturated rings. The van der Waals surface area contributed by atoms with Gasteiger partial charge >= 0.3 is 6.18 Å². The fourth-order valence-electron chi connectivity index (χ4n) is 1.74. The number of benzene rings is 2. The molecule has 0 heterocycles. The van der Waals surface area contributed by atoms with Crippen molar-refractivity contribution in [2.75, 3.05) is 0 Å². The van der Waals surface area contributed by atoms with Gasteiger partial charge in [0.15, 0.2) is 5.75 Å². The lowest BCUT2D eigenvalue weighted by molar-refractivity contribution is -0.385. The number of nitrogens with zero attached hydrogens (tertiary/aromatic N) is 1. The molecule has 1 N–H and O–H groups in total. The zero-order valence-corrected chi connectivity index (χ0v) is 12.4. The van der Waals surface area contributed by atoms with E-state index in [2.05, 4.69) is 0 Å². The monoisotopic (exact) mass is 360 g/mol. The number of para-hydroxylation sites is 1. The van der Waals surface area contributed by atoms with Gasteiger partial charge < -0.3 is 4.84 Å². The Kier molecular flexibility index (Phi) is 4.93. The van der Waals surface area contributed by atoms with Crippen LogP contribution in [0.5, 0.6) is 5.75 Å². The van der Waals surface area contributed by atoms with Gasteiger partial charge in [0, 0.05) is 6.07 Å². The minimum absolute atomic E-state index is 0.239. The average Bonchev–Trinajstić information content (AvgIpc) is 2.52. The van der Waals surface area contributed by atoms with Crippen molar-refractivity contribution in [3.63, 3.8) is 0 Å². The largest absolute Gasteiger partial charge is 0.416 e. The summed E-state index contributed by atoms with van der Waals surface area (Å²) in [4.78, 5) is 26.8. The molecule has 0 spiro atoms. The van der Waals surface area contributed by atoms with Crippen LogP contribution in [0, 0.1) is 10.1 Å². The molecule has 0 atom stereocenters. The Balaban J connectivity index is 2.14. The van der Waals surface area contributed by atoms with Crippen LogP contribution in [0.2, 0.25) is 5.02 Å². The highest BCUT2D eigenvalue weighted by Crippen LogP contribution is 2.34. The van der Waals surface area contributed by atoms with E-state index in [9.17, 15) is 28.1 Å². The number of carbonyl (C=O) groups excluding carboxylic acids is 1. The summed E-state index contributed by atoms with van der Waals surface area (Å²) in [5.74, 6) is -1.19. The van der Waals surface area contributed by atoms with E-state index in [0.29, 0.717) is 6.07 Å². The van der Waals surface area contributed by atoms with Crippen molar-refractivity contribution in [3.05, 3.63) is 68.7 Å². The predicted octanol–water partition coefficient (Wildman–Crippen LogP) is 3.99. The normalized spacial score (nSPS) is 11.0. The summed E-state index contributed by atoms with van der Waals surface area (Å²) in [6.07, 6.45) is -4.57. The highest BCUT2D eigenvalue weighted by molar-refractivity contribution is 6.32. The molecule has 2 aromatic rings. The minimum atomic E-state index is -4.57. The highest BCUT2D eigenvalue weighted by Gasteiger charge is 2.31. The van der Waals surface area contributed by atoms with Gasteiger partial charge in [0.05, 0.1) is 15.5 Å². The van der Waals surface area contributed by atoms with Crippen molar-refractivity contribution in [1.29, 1.82) is 0 Å². The molecule has 0 aliphatic heterocycles. The number of carbonyl (C=O) groups is 1. The molecule has 0 aliphatic rings. The molecule has 0 unspecified atom stereocenters. The molecule has 126 valence electrons. The van der Waals surface area contributed by atoms with Crippen LogP contribution in [-0.4, -0.2) is 10.8 Å². The smallest absolute Gasteiger partial charge is 0.378 e. The maximum Gasteiger partial charge on any atom is 0.416 e. The lowest BCUT2D eigenvalue weighted by Crippen LogP contribution is -2.27. The number of hydroxylamine groups is 1. The van der Waals surface area contributed by atoms with Gasteiger partial charge in [-0.3, -0.25) is 14.9 Å². The number of nitro benzene ring substituents is 1. The van der Waals surface area contributed by atoms with Gasteiger partial charge in [-0.2, -0.15) is 18.7 Å². The number of nitro groups is 1. The van der Waals surface area contributed by atoms with Crippen molar-refractivity contribution in [1.82, 2.24) is 5.48 Å². The van der Waals surface area contributed by atoms with E-state index < -0.39 is 28.3 Å². The lowest BCUT2D eigenvalue weighted by atomic mass is 10.2. The van der Waals surface area contributed by atoms with E-state index in [1.807, 2.05) is 5.48 Å². The van der Waals surface area contributed by atoms with Gasteiger partial charge in [-0.15, -0.1) is 0 Å². The second-order valence-corrected chi connectivity index (χ2v) is 4.86. The number of halogens is 4. The van der Waals surface area contributed by atoms with Crippen molar-refractivity contribution < 1.29 is 27.7 Å². The first-order valence-corrected chi connectivity index (χ1v) is 6.65. The Bertz CT molecular complexity index is 796. The SMILES string of the molecule is O=C(NOc1ccc(C(F)(F)F)cc1Cl)c1ccccc1[N+](=O)[O-]. The predicted molar refractivity (Wildman–Crippen MR) is 77.6 cm³/mol. The molecule has 6 nitrogen and oxygen atoms in total. The van der Waals surface area contributed by atoms with Gasteiger partial charge in [0.2, 0.25) is 0 Å². The molecular weight excluding hydrogens is 353 g/mol. The van der Waals surface area contributed by atoms with E-state index in [1.165, 1.54) is 18.2 Å². The molecule has 24 heavy (non-hydrogen) atoms. The average molecular weight is 361 g/mol. The van der Waals surface area contributed by atoms with Crippen LogP contribution in [0.25, 0.3) is 0 Å². The van der Waals surface area contributed by atoms with Crippen LogP contribution < -0.4 is 10.3 Å². The zero-order chi connectivity index (χ0) is 17.9. The maximum atomic E-state index is 12.5. The standard InChI is InChI=1S/C14H8ClF3N2O4/c15-10-7-8(14(16,17)18)5-6-12(10)24-19-13(21)9-3-1-2-4-11(9)20(22)23/h1-7H,(H,19,21). The first-order chi connectivity index (χ1) is 11.2. The Labute approximate surface area is 137 Å². The minimum Gasteiger partial charge on any atom is -0.378 e. The number of rotatable bonds is 4. The molecule has 0 saturated carbocycles. The van der Waals surface area contributed by atoms with Gasteiger partial charge in [0.1, 0.15) is 5.56 Å². The maximum absolute atomic E-state index is 12.5. The summed E-state index contributed by atoms with van der Waals surface area (Å²) in [5, 5.41) is 10.5. The summed E-state index contributed by atoms with van der Waals surface area (Å²) < 4.78 is 37.6. The third-order valence-electron chi connectivity index (χ3n) is 2.86. The quantitative estimate of drug-likeness (QED) is 0.660. The molecule has 0 bridgehead atoms. The molecular formula is C14H8ClF3N2O4. The Hall–Kier alpha value is -2.81. The molecule has 2 aromatic carbocycles. The van der Waals surface area contributed by atoms with Gasteiger partial charge in [-0.25, -0.2) is 0 Å². The van der Waals surface area contributed by atoms with E-state index in [4.69, 9.17) is 16.4 Å². The fourth-order valence-corrected chi connectivity index (χ4v) is 1.96. The van der Waals surface area contributed by atoms with Crippen molar-refractivity contribution in [3.8, 4) is 5.75 Å². The Morgan fingerprint density at radius 2 is 1.88 bits per heavy atom. The fraction of sp³-hybridized carbons (Fsp3) is 0.0714. The highest BCUT2D eigenvalue weighted by atomic mass is 35.5. The number of amides is 1. The lowest BCUT2D eigenvalue weighted by Gasteiger charge is -2.11. The first-order valence-electron chi connectivity index (χ1n) is 6.27. The van der Waals surface area contributed by atoms with E-state index in [-0.39, 0.29) is 16.3 Å². The zero-order valence-electron chi connectivity index (χ0n) is 11.6. The second-order valence-electron chi connectivity index (χ2n) is 4.45. The Morgan fingerprint density at radius 1 is 1.21 bits per heavy atom. The van der Waals surface area contributed by atoms with Crippen LogP contribution in [-0.2, 0) is 6.18 Å². The number of hydrogen-bond donors (Lipinski definition) is 1. The van der Waals surface area contributed by atoms with Gasteiger partial charge in [-0.1, -0.05) is 23.7 Å². The van der Waals surface area contributed by atoms with E-state index in [0.717, 1.165) is 18.2 Å².